The quantitative estimate of drug-likeness (QED) is 0.862. The topological polar surface area (TPSA) is 50.4 Å². The van der Waals surface area contributed by atoms with E-state index in [1.54, 1.807) is 0 Å². The number of hydrogen-bond acceptors (Lipinski definition) is 3. The Bertz CT molecular complexity index is 486. The second-order valence-electron chi connectivity index (χ2n) is 4.99. The number of morpholine rings is 1. The zero-order valence-corrected chi connectivity index (χ0v) is 11.4. The minimum Gasteiger partial charge on any atom is -0.378 e. The van der Waals surface area contributed by atoms with E-state index in [-0.39, 0.29) is 18.0 Å². The van der Waals surface area contributed by atoms with Gasteiger partial charge in [0.05, 0.1) is 19.3 Å². The highest BCUT2D eigenvalue weighted by atomic mass is 35.5. The fraction of sp³-hybridized carbons (Fsp3) is 0.500. The van der Waals surface area contributed by atoms with E-state index in [9.17, 15) is 4.79 Å². The summed E-state index contributed by atoms with van der Waals surface area (Å²) in [6, 6.07) is 5.72. The van der Waals surface area contributed by atoms with Crippen LogP contribution in [0, 0.1) is 0 Å². The minimum atomic E-state index is -0.239. The van der Waals surface area contributed by atoms with Gasteiger partial charge in [-0.3, -0.25) is 4.79 Å². The molecular weight excluding hydrogens is 264 g/mol. The molecule has 1 saturated heterocycles. The second kappa shape index (κ2) is 5.49. The molecule has 0 aromatic heterocycles. The Morgan fingerprint density at radius 3 is 3.16 bits per heavy atom. The Morgan fingerprint density at radius 2 is 2.37 bits per heavy atom. The second-order valence-corrected chi connectivity index (χ2v) is 5.40. The number of halogens is 1. The van der Waals surface area contributed by atoms with Crippen molar-refractivity contribution in [3.63, 3.8) is 0 Å². The monoisotopic (exact) mass is 280 g/mol. The van der Waals surface area contributed by atoms with Crippen molar-refractivity contribution in [3.8, 4) is 0 Å². The van der Waals surface area contributed by atoms with Crippen LogP contribution in [0.3, 0.4) is 0 Å². The van der Waals surface area contributed by atoms with E-state index in [0.29, 0.717) is 13.2 Å². The Balaban J connectivity index is 1.69. The van der Waals surface area contributed by atoms with Crippen molar-refractivity contribution >= 4 is 17.5 Å². The molecule has 0 saturated carbocycles. The third kappa shape index (κ3) is 2.61. The van der Waals surface area contributed by atoms with Gasteiger partial charge < -0.3 is 15.4 Å². The summed E-state index contributed by atoms with van der Waals surface area (Å²) in [7, 11) is 0. The van der Waals surface area contributed by atoms with Crippen molar-refractivity contribution in [2.75, 3.05) is 19.8 Å². The minimum absolute atomic E-state index is 0.0116. The SMILES string of the molecule is O=C(NC1CCc2c(Cl)cccc21)C1COCCN1. The molecule has 4 nitrogen and oxygen atoms in total. The van der Waals surface area contributed by atoms with Crippen LogP contribution in [0.4, 0.5) is 0 Å². The molecule has 3 rings (SSSR count). The number of benzene rings is 1. The van der Waals surface area contributed by atoms with Crippen LogP contribution in [-0.2, 0) is 16.0 Å². The summed E-state index contributed by atoms with van der Waals surface area (Å²) in [5, 5.41) is 7.06. The third-order valence-corrected chi connectivity index (χ3v) is 4.12. The third-order valence-electron chi connectivity index (χ3n) is 3.77. The van der Waals surface area contributed by atoms with Gasteiger partial charge in [0.1, 0.15) is 6.04 Å². The lowest BCUT2D eigenvalue weighted by Gasteiger charge is -2.25. The van der Waals surface area contributed by atoms with Crippen LogP contribution in [0.25, 0.3) is 0 Å². The predicted octanol–water partition coefficient (Wildman–Crippen LogP) is 1.43. The summed E-state index contributed by atoms with van der Waals surface area (Å²) in [5.41, 5.74) is 2.32. The normalized spacial score (nSPS) is 25.9. The van der Waals surface area contributed by atoms with Crippen LogP contribution in [0.5, 0.6) is 0 Å². The van der Waals surface area contributed by atoms with Crippen molar-refractivity contribution in [3.05, 3.63) is 34.3 Å². The molecule has 0 radical (unpaired) electrons. The first kappa shape index (κ1) is 12.9. The average molecular weight is 281 g/mol. The summed E-state index contributed by atoms with van der Waals surface area (Å²) >= 11 is 6.18. The summed E-state index contributed by atoms with van der Waals surface area (Å²) in [5.74, 6) is 0.0116. The number of amides is 1. The first-order chi connectivity index (χ1) is 9.25. The van der Waals surface area contributed by atoms with E-state index in [2.05, 4.69) is 10.6 Å². The maximum absolute atomic E-state index is 12.2. The first-order valence-corrected chi connectivity index (χ1v) is 7.02. The van der Waals surface area contributed by atoms with Crippen molar-refractivity contribution in [1.82, 2.24) is 10.6 Å². The molecule has 1 amide bonds. The number of nitrogens with one attached hydrogen (secondary N) is 2. The molecule has 2 atom stereocenters. The van der Waals surface area contributed by atoms with Gasteiger partial charge in [0, 0.05) is 11.6 Å². The zero-order chi connectivity index (χ0) is 13.2. The van der Waals surface area contributed by atoms with E-state index in [4.69, 9.17) is 16.3 Å². The molecule has 0 spiro atoms. The molecule has 1 aromatic rings. The number of fused-ring (bicyclic) bond motifs is 1. The van der Waals surface area contributed by atoms with Crippen molar-refractivity contribution in [2.45, 2.75) is 24.9 Å². The molecule has 1 aliphatic carbocycles. The van der Waals surface area contributed by atoms with Gasteiger partial charge in [0.2, 0.25) is 5.91 Å². The predicted molar refractivity (Wildman–Crippen MR) is 73.3 cm³/mol. The lowest BCUT2D eigenvalue weighted by atomic mass is 10.1. The van der Waals surface area contributed by atoms with Gasteiger partial charge in [-0.1, -0.05) is 23.7 Å². The molecule has 0 bridgehead atoms. The van der Waals surface area contributed by atoms with Crippen LogP contribution in [0.1, 0.15) is 23.6 Å². The van der Waals surface area contributed by atoms with Gasteiger partial charge in [-0.15, -0.1) is 0 Å². The fourth-order valence-corrected chi connectivity index (χ4v) is 3.04. The fourth-order valence-electron chi connectivity index (χ4n) is 2.77. The molecule has 2 N–H and O–H groups in total. The zero-order valence-electron chi connectivity index (χ0n) is 10.6. The molecule has 1 aliphatic heterocycles. The number of carbonyl (C=O) groups excluding carboxylic acids is 1. The molecule has 102 valence electrons. The molecule has 2 aliphatic rings. The molecule has 1 aromatic carbocycles. The molecule has 1 fully saturated rings. The van der Waals surface area contributed by atoms with Gasteiger partial charge in [0.25, 0.3) is 0 Å². The molecule has 2 unspecified atom stereocenters. The van der Waals surface area contributed by atoms with Crippen molar-refractivity contribution in [2.24, 2.45) is 0 Å². The maximum atomic E-state index is 12.2. The maximum Gasteiger partial charge on any atom is 0.240 e. The van der Waals surface area contributed by atoms with Gasteiger partial charge in [0.15, 0.2) is 0 Å². The van der Waals surface area contributed by atoms with Crippen LogP contribution in [0.15, 0.2) is 18.2 Å². The standard InChI is InChI=1S/C14H17ClN2O2/c15-11-3-1-2-10-9(11)4-5-12(10)17-14(18)13-8-19-7-6-16-13/h1-3,12-13,16H,4-8H2,(H,17,18). The highest BCUT2D eigenvalue weighted by Crippen LogP contribution is 2.35. The first-order valence-electron chi connectivity index (χ1n) is 6.64. The Kier molecular flexibility index (Phi) is 3.73. The highest BCUT2D eigenvalue weighted by Gasteiger charge is 2.28. The van der Waals surface area contributed by atoms with E-state index in [0.717, 1.165) is 30.0 Å². The molecule has 5 heteroatoms. The number of carbonyl (C=O) groups is 1. The Hall–Kier alpha value is -1.10. The smallest absolute Gasteiger partial charge is 0.240 e. The van der Waals surface area contributed by atoms with E-state index >= 15 is 0 Å². The molecule has 1 heterocycles. The summed E-state index contributed by atoms with van der Waals surface area (Å²) in [6.07, 6.45) is 1.84. The van der Waals surface area contributed by atoms with Crippen molar-refractivity contribution < 1.29 is 9.53 Å². The number of rotatable bonds is 2. The summed E-state index contributed by atoms with van der Waals surface area (Å²) in [6.45, 7) is 1.85. The van der Waals surface area contributed by atoms with Crippen LogP contribution in [-0.4, -0.2) is 31.7 Å². The van der Waals surface area contributed by atoms with Gasteiger partial charge >= 0.3 is 0 Å². The van der Waals surface area contributed by atoms with Crippen molar-refractivity contribution in [1.29, 1.82) is 0 Å². The average Bonchev–Trinajstić information content (AvgIpc) is 2.84. The molecular formula is C14H17ClN2O2. The number of ether oxygens (including phenoxy) is 1. The van der Waals surface area contributed by atoms with Crippen LogP contribution in [0.2, 0.25) is 5.02 Å². The van der Waals surface area contributed by atoms with Crippen LogP contribution < -0.4 is 10.6 Å². The van der Waals surface area contributed by atoms with E-state index < -0.39 is 0 Å². The lowest BCUT2D eigenvalue weighted by molar-refractivity contribution is -0.126. The Morgan fingerprint density at radius 1 is 1.47 bits per heavy atom. The Labute approximate surface area is 117 Å². The summed E-state index contributed by atoms with van der Waals surface area (Å²) < 4.78 is 5.31. The number of hydrogen-bond donors (Lipinski definition) is 2. The summed E-state index contributed by atoms with van der Waals surface area (Å²) in [4.78, 5) is 12.2. The van der Waals surface area contributed by atoms with Gasteiger partial charge in [-0.25, -0.2) is 0 Å². The van der Waals surface area contributed by atoms with Gasteiger partial charge in [-0.2, -0.15) is 0 Å². The highest BCUT2D eigenvalue weighted by molar-refractivity contribution is 6.31. The lowest BCUT2D eigenvalue weighted by Crippen LogP contribution is -2.51. The van der Waals surface area contributed by atoms with Gasteiger partial charge in [-0.05, 0) is 30.0 Å². The van der Waals surface area contributed by atoms with E-state index in [1.165, 1.54) is 5.56 Å². The largest absolute Gasteiger partial charge is 0.378 e. The van der Waals surface area contributed by atoms with E-state index in [1.807, 2.05) is 18.2 Å². The van der Waals surface area contributed by atoms with Crippen LogP contribution >= 0.6 is 11.6 Å². The molecule has 19 heavy (non-hydrogen) atoms.